The molecule has 0 bridgehead atoms. The van der Waals surface area contributed by atoms with Crippen LogP contribution in [0.1, 0.15) is 10.5 Å². The Morgan fingerprint density at radius 2 is 1.85 bits per heavy atom. The zero-order chi connectivity index (χ0) is 23.7. The summed E-state index contributed by atoms with van der Waals surface area (Å²) in [5.41, 5.74) is 3.47. The Balaban J connectivity index is 1.42. The molecule has 0 spiro atoms. The average molecular weight is 458 g/mol. The van der Waals surface area contributed by atoms with Crippen molar-refractivity contribution in [2.75, 3.05) is 30.4 Å². The molecule has 1 aliphatic rings. The molecule has 0 radical (unpaired) electrons. The highest BCUT2D eigenvalue weighted by atomic mass is 19.1. The largest absolute Gasteiger partial charge is 0.457 e. The summed E-state index contributed by atoms with van der Waals surface area (Å²) in [5, 5.41) is 5.90. The number of amides is 1. The van der Waals surface area contributed by atoms with E-state index in [-0.39, 0.29) is 17.4 Å². The van der Waals surface area contributed by atoms with Crippen LogP contribution in [-0.4, -0.2) is 40.6 Å². The van der Waals surface area contributed by atoms with Crippen LogP contribution in [-0.2, 0) is 7.05 Å². The van der Waals surface area contributed by atoms with E-state index in [1.165, 1.54) is 18.3 Å². The number of benzene rings is 2. The van der Waals surface area contributed by atoms with Gasteiger partial charge in [-0.1, -0.05) is 12.2 Å². The molecular weight excluding hydrogens is 435 g/mol. The van der Waals surface area contributed by atoms with E-state index >= 15 is 0 Å². The van der Waals surface area contributed by atoms with Gasteiger partial charge >= 0.3 is 0 Å². The Hall–Kier alpha value is -4.40. The van der Waals surface area contributed by atoms with Crippen molar-refractivity contribution in [3.63, 3.8) is 0 Å². The fourth-order valence-electron chi connectivity index (χ4n) is 3.89. The summed E-state index contributed by atoms with van der Waals surface area (Å²) in [5.74, 6) is 1.13. The number of aromatic nitrogens is 3. The summed E-state index contributed by atoms with van der Waals surface area (Å²) in [4.78, 5) is 22.7. The number of anilines is 3. The number of halogens is 1. The van der Waals surface area contributed by atoms with Crippen LogP contribution in [0.3, 0.4) is 0 Å². The molecule has 5 rings (SSSR count). The highest BCUT2D eigenvalue weighted by molar-refractivity contribution is 5.92. The maximum absolute atomic E-state index is 14.0. The van der Waals surface area contributed by atoms with Gasteiger partial charge in [-0.15, -0.1) is 0 Å². The molecule has 0 saturated heterocycles. The number of hydrogen-bond donors (Lipinski definition) is 2. The second-order valence-corrected chi connectivity index (χ2v) is 7.87. The van der Waals surface area contributed by atoms with E-state index in [2.05, 4.69) is 32.7 Å². The molecule has 1 amide bonds. The van der Waals surface area contributed by atoms with Gasteiger partial charge in [0, 0.05) is 45.5 Å². The van der Waals surface area contributed by atoms with E-state index in [1.54, 1.807) is 25.2 Å². The first-order valence-corrected chi connectivity index (χ1v) is 10.8. The molecule has 0 unspecified atom stereocenters. The molecule has 8 nitrogen and oxygen atoms in total. The predicted molar refractivity (Wildman–Crippen MR) is 129 cm³/mol. The summed E-state index contributed by atoms with van der Waals surface area (Å²) >= 11 is 0. The van der Waals surface area contributed by atoms with Crippen LogP contribution in [0.5, 0.6) is 11.5 Å². The van der Waals surface area contributed by atoms with Gasteiger partial charge in [-0.05, 0) is 36.4 Å². The van der Waals surface area contributed by atoms with Gasteiger partial charge in [0.15, 0.2) is 0 Å². The number of pyridine rings is 1. The zero-order valence-corrected chi connectivity index (χ0v) is 18.7. The van der Waals surface area contributed by atoms with Gasteiger partial charge in [-0.2, -0.15) is 0 Å². The molecule has 0 saturated carbocycles. The number of nitrogens with one attached hydrogen (secondary N) is 2. The number of carbonyl (C=O) groups excluding carboxylic acids is 1. The summed E-state index contributed by atoms with van der Waals surface area (Å²) in [6.45, 7) is 1.47. The predicted octanol–water partition coefficient (Wildman–Crippen LogP) is 4.38. The second-order valence-electron chi connectivity index (χ2n) is 7.87. The van der Waals surface area contributed by atoms with Crippen molar-refractivity contribution >= 4 is 34.3 Å². The normalized spacial score (nSPS) is 12.9. The molecule has 34 heavy (non-hydrogen) atoms. The number of hydrogen-bond acceptors (Lipinski definition) is 6. The number of aryl methyl sites for hydroxylation is 1. The molecule has 0 atom stereocenters. The summed E-state index contributed by atoms with van der Waals surface area (Å²) < 4.78 is 21.8. The molecule has 9 heteroatoms. The van der Waals surface area contributed by atoms with Gasteiger partial charge in [-0.3, -0.25) is 9.78 Å². The number of imidazole rings is 1. The van der Waals surface area contributed by atoms with Crippen molar-refractivity contribution in [2.24, 2.45) is 7.05 Å². The quantitative estimate of drug-likeness (QED) is 0.417. The molecule has 3 heterocycles. The van der Waals surface area contributed by atoms with E-state index < -0.39 is 0 Å². The van der Waals surface area contributed by atoms with Crippen molar-refractivity contribution < 1.29 is 13.9 Å². The van der Waals surface area contributed by atoms with Crippen molar-refractivity contribution in [2.45, 2.75) is 0 Å². The maximum Gasteiger partial charge on any atom is 0.269 e. The van der Waals surface area contributed by atoms with Crippen molar-refractivity contribution in [1.82, 2.24) is 19.9 Å². The minimum atomic E-state index is -0.286. The first kappa shape index (κ1) is 21.4. The van der Waals surface area contributed by atoms with Crippen LogP contribution in [0.25, 0.3) is 11.0 Å². The Morgan fingerprint density at radius 1 is 1.06 bits per heavy atom. The van der Waals surface area contributed by atoms with Crippen molar-refractivity contribution in [3.05, 3.63) is 78.4 Å². The number of ether oxygens (including phenoxy) is 1. The van der Waals surface area contributed by atoms with E-state index in [4.69, 9.17) is 9.72 Å². The van der Waals surface area contributed by atoms with Gasteiger partial charge in [0.2, 0.25) is 5.95 Å². The van der Waals surface area contributed by atoms with Crippen LogP contribution < -0.4 is 20.3 Å². The maximum atomic E-state index is 14.0. The van der Waals surface area contributed by atoms with E-state index in [1.807, 2.05) is 29.8 Å². The minimum absolute atomic E-state index is 0.272. The lowest BCUT2D eigenvalue weighted by Crippen LogP contribution is -2.20. The fraction of sp³-hybridized carbons (Fsp3) is 0.160. The van der Waals surface area contributed by atoms with E-state index in [9.17, 15) is 9.18 Å². The van der Waals surface area contributed by atoms with Gasteiger partial charge in [-0.25, -0.2) is 9.37 Å². The number of carbonyl (C=O) groups is 1. The molecule has 1 aliphatic heterocycles. The lowest BCUT2D eigenvalue weighted by atomic mass is 10.2. The number of rotatable bonds is 6. The molecule has 0 aliphatic carbocycles. The van der Waals surface area contributed by atoms with Gasteiger partial charge in [0.1, 0.15) is 23.0 Å². The highest BCUT2D eigenvalue weighted by Crippen LogP contribution is 2.33. The second kappa shape index (κ2) is 8.86. The fourth-order valence-corrected chi connectivity index (χ4v) is 3.89. The first-order chi connectivity index (χ1) is 16.5. The molecule has 2 aromatic heterocycles. The zero-order valence-electron chi connectivity index (χ0n) is 18.7. The SMILES string of the molecule is CNC(=O)c1cc(Oc2ccc3c(c2)nc(Nc2ccc(F)cc2N2CC=CC2)n3C)ccn1. The standard InChI is InChI=1S/C25H23FN6O2/c1-27-24(33)21-15-18(9-10-28-21)34-17-6-8-22-20(14-17)30-25(31(22)2)29-19-7-5-16(26)13-23(19)32-11-3-4-12-32/h3-10,13-15H,11-12H2,1-2H3,(H,27,33)(H,29,30). The average Bonchev–Trinajstić information content (AvgIpc) is 3.48. The minimum Gasteiger partial charge on any atom is -0.457 e. The molecule has 0 fully saturated rings. The number of fused-ring (bicyclic) bond motifs is 1. The van der Waals surface area contributed by atoms with Gasteiger partial charge < -0.3 is 24.8 Å². The third-order valence-corrected chi connectivity index (χ3v) is 5.64. The summed E-state index contributed by atoms with van der Waals surface area (Å²) in [6.07, 6.45) is 5.65. The Kier molecular flexibility index (Phi) is 5.59. The smallest absolute Gasteiger partial charge is 0.269 e. The summed E-state index contributed by atoms with van der Waals surface area (Å²) in [6, 6.07) is 13.5. The van der Waals surface area contributed by atoms with Crippen LogP contribution >= 0.6 is 0 Å². The topological polar surface area (TPSA) is 84.3 Å². The lowest BCUT2D eigenvalue weighted by molar-refractivity contribution is 0.0958. The van der Waals surface area contributed by atoms with Crippen LogP contribution in [0.2, 0.25) is 0 Å². The van der Waals surface area contributed by atoms with Crippen LogP contribution in [0.15, 0.2) is 66.9 Å². The Bertz CT molecular complexity index is 1410. The van der Waals surface area contributed by atoms with E-state index in [0.717, 1.165) is 35.5 Å². The van der Waals surface area contributed by atoms with Crippen molar-refractivity contribution in [3.8, 4) is 11.5 Å². The molecule has 4 aromatic rings. The monoisotopic (exact) mass is 458 g/mol. The highest BCUT2D eigenvalue weighted by Gasteiger charge is 2.16. The first-order valence-electron chi connectivity index (χ1n) is 10.8. The summed E-state index contributed by atoms with van der Waals surface area (Å²) in [7, 11) is 3.46. The molecule has 2 aromatic carbocycles. The van der Waals surface area contributed by atoms with Gasteiger partial charge in [0.25, 0.3) is 5.91 Å². The Labute approximate surface area is 195 Å². The number of nitrogens with zero attached hydrogens (tertiary/aromatic N) is 4. The van der Waals surface area contributed by atoms with Gasteiger partial charge in [0.05, 0.1) is 22.4 Å². The van der Waals surface area contributed by atoms with Crippen molar-refractivity contribution in [1.29, 1.82) is 0 Å². The molecule has 172 valence electrons. The van der Waals surface area contributed by atoms with Crippen LogP contribution in [0.4, 0.5) is 21.7 Å². The third kappa shape index (κ3) is 4.15. The molecular formula is C25H23FN6O2. The third-order valence-electron chi connectivity index (χ3n) is 5.64. The van der Waals surface area contributed by atoms with E-state index in [0.29, 0.717) is 17.4 Å². The Morgan fingerprint density at radius 3 is 2.65 bits per heavy atom. The molecule has 2 N–H and O–H groups in total. The lowest BCUT2D eigenvalue weighted by Gasteiger charge is -2.22. The van der Waals surface area contributed by atoms with Crippen LogP contribution in [0, 0.1) is 5.82 Å².